The van der Waals surface area contributed by atoms with Gasteiger partial charge in [0.2, 0.25) is 0 Å². The highest BCUT2D eigenvalue weighted by Crippen LogP contribution is 2.40. The molecule has 0 amide bonds. The second-order valence-electron chi connectivity index (χ2n) is 6.65. The number of carbonyl (C=O) groups excluding carboxylic acids is 1. The summed E-state index contributed by atoms with van der Waals surface area (Å²) in [5, 5.41) is 15.4. The summed E-state index contributed by atoms with van der Waals surface area (Å²) in [5.74, 6) is -0.212. The number of hydrazone groups is 1. The molecule has 1 heterocycles. The zero-order valence-corrected chi connectivity index (χ0v) is 13.1. The summed E-state index contributed by atoms with van der Waals surface area (Å²) in [4.78, 5) is 23.0. The molecule has 7 heteroatoms. The van der Waals surface area contributed by atoms with Crippen molar-refractivity contribution in [3.8, 4) is 0 Å². The molecule has 0 saturated heterocycles. The number of nitrogens with one attached hydrogen (secondary N) is 1. The molecule has 0 radical (unpaired) electrons. The van der Waals surface area contributed by atoms with Crippen LogP contribution < -0.4 is 5.43 Å². The first-order valence-corrected chi connectivity index (χ1v) is 7.46. The highest BCUT2D eigenvalue weighted by atomic mass is 35.5. The number of benzene rings is 1. The third-order valence-electron chi connectivity index (χ3n) is 4.26. The maximum Gasteiger partial charge on any atom is 0.288 e. The molecule has 1 aromatic rings. The van der Waals surface area contributed by atoms with E-state index in [9.17, 15) is 14.9 Å². The van der Waals surface area contributed by atoms with Gasteiger partial charge in [0, 0.05) is 18.1 Å². The van der Waals surface area contributed by atoms with E-state index in [1.807, 2.05) is 0 Å². The number of nitro groups is 1. The van der Waals surface area contributed by atoms with Crippen LogP contribution in [0.25, 0.3) is 0 Å². The van der Waals surface area contributed by atoms with E-state index in [0.717, 1.165) is 6.42 Å². The number of ketones is 1. The Kier molecular flexibility index (Phi) is 3.44. The highest BCUT2D eigenvalue weighted by Gasteiger charge is 2.46. The molecule has 1 saturated carbocycles. The normalized spacial score (nSPS) is 26.1. The number of carbonyl (C=O) groups is 1. The fourth-order valence-electron chi connectivity index (χ4n) is 3.33. The molecule has 0 spiro atoms. The minimum atomic E-state index is -0.530. The third-order valence-corrected chi connectivity index (χ3v) is 4.58. The van der Waals surface area contributed by atoms with Gasteiger partial charge in [0.15, 0.2) is 0 Å². The van der Waals surface area contributed by atoms with Crippen LogP contribution in [0.2, 0.25) is 5.02 Å². The first kappa shape index (κ1) is 15.0. The first-order chi connectivity index (χ1) is 10.3. The van der Waals surface area contributed by atoms with Crippen LogP contribution in [0, 0.1) is 21.4 Å². The van der Waals surface area contributed by atoms with Crippen molar-refractivity contribution in [1.82, 2.24) is 5.43 Å². The van der Waals surface area contributed by atoms with Crippen molar-refractivity contribution in [2.24, 2.45) is 16.4 Å². The fraction of sp³-hybridized carbons (Fsp3) is 0.467. The van der Waals surface area contributed by atoms with Gasteiger partial charge in [0.1, 0.15) is 10.8 Å². The van der Waals surface area contributed by atoms with E-state index in [0.29, 0.717) is 17.7 Å². The number of fused-ring (bicyclic) bond motifs is 1. The van der Waals surface area contributed by atoms with Crippen molar-refractivity contribution in [1.29, 1.82) is 0 Å². The van der Waals surface area contributed by atoms with Crippen molar-refractivity contribution < 1.29 is 9.72 Å². The van der Waals surface area contributed by atoms with E-state index in [2.05, 4.69) is 24.4 Å². The standard InChI is InChI=1S/C15H16ClN3O3/c1-15(2)6-10-13(12(20)7-15)14(18-17-10)8-3-4-9(16)11(5-8)19(21)22/h3-5,10,13,17H,6-7H2,1-2H3/t10-,13+/m0/s1. The molecule has 0 aromatic heterocycles. The Morgan fingerprint density at radius 1 is 1.45 bits per heavy atom. The van der Waals surface area contributed by atoms with Gasteiger partial charge in [0.05, 0.1) is 22.6 Å². The molecule has 22 heavy (non-hydrogen) atoms. The third kappa shape index (κ3) is 2.47. The minimum Gasteiger partial charge on any atom is -0.306 e. The van der Waals surface area contributed by atoms with Gasteiger partial charge < -0.3 is 5.43 Å². The average Bonchev–Trinajstić information content (AvgIpc) is 2.81. The maximum absolute atomic E-state index is 12.5. The van der Waals surface area contributed by atoms with Crippen LogP contribution in [0.4, 0.5) is 5.69 Å². The van der Waals surface area contributed by atoms with E-state index in [4.69, 9.17) is 11.6 Å². The molecule has 3 rings (SSSR count). The molecule has 0 bridgehead atoms. The van der Waals surface area contributed by atoms with Crippen molar-refractivity contribution in [2.45, 2.75) is 32.7 Å². The van der Waals surface area contributed by atoms with Crippen molar-refractivity contribution in [2.75, 3.05) is 0 Å². The Bertz CT molecular complexity index is 699. The van der Waals surface area contributed by atoms with E-state index in [1.54, 1.807) is 6.07 Å². The fourth-order valence-corrected chi connectivity index (χ4v) is 3.52. The van der Waals surface area contributed by atoms with Gasteiger partial charge in [-0.1, -0.05) is 31.5 Å². The molecule has 1 aromatic carbocycles. The van der Waals surface area contributed by atoms with Crippen LogP contribution in [-0.2, 0) is 4.79 Å². The smallest absolute Gasteiger partial charge is 0.288 e. The summed E-state index contributed by atoms with van der Waals surface area (Å²) in [5.41, 5.74) is 3.94. The van der Waals surface area contributed by atoms with Crippen molar-refractivity contribution in [3.05, 3.63) is 38.9 Å². The van der Waals surface area contributed by atoms with Gasteiger partial charge >= 0.3 is 0 Å². The lowest BCUT2D eigenvalue weighted by Crippen LogP contribution is -2.45. The maximum atomic E-state index is 12.5. The first-order valence-electron chi connectivity index (χ1n) is 7.09. The Labute approximate surface area is 132 Å². The molecular weight excluding hydrogens is 306 g/mol. The molecule has 116 valence electrons. The second-order valence-corrected chi connectivity index (χ2v) is 7.05. The van der Waals surface area contributed by atoms with E-state index in [1.165, 1.54) is 12.1 Å². The molecule has 2 aliphatic rings. The lowest BCUT2D eigenvalue weighted by atomic mass is 9.68. The van der Waals surface area contributed by atoms with Crippen molar-refractivity contribution in [3.63, 3.8) is 0 Å². The molecule has 6 nitrogen and oxygen atoms in total. The van der Waals surface area contributed by atoms with E-state index >= 15 is 0 Å². The summed E-state index contributed by atoms with van der Waals surface area (Å²) in [7, 11) is 0. The molecule has 0 unspecified atom stereocenters. The Morgan fingerprint density at radius 3 is 2.86 bits per heavy atom. The van der Waals surface area contributed by atoms with Crippen LogP contribution in [0.1, 0.15) is 32.3 Å². The molecule has 1 fully saturated rings. The number of halogens is 1. The van der Waals surface area contributed by atoms with Crippen LogP contribution in [0.15, 0.2) is 23.3 Å². The second kappa shape index (κ2) is 5.05. The lowest BCUT2D eigenvalue weighted by molar-refractivity contribution is -0.384. The van der Waals surface area contributed by atoms with Gasteiger partial charge in [-0.25, -0.2) is 0 Å². The van der Waals surface area contributed by atoms with E-state index < -0.39 is 4.92 Å². The summed E-state index contributed by atoms with van der Waals surface area (Å²) in [6.07, 6.45) is 1.33. The molecule has 1 aliphatic heterocycles. The summed E-state index contributed by atoms with van der Waals surface area (Å²) < 4.78 is 0. The van der Waals surface area contributed by atoms with E-state index in [-0.39, 0.29) is 33.9 Å². The zero-order chi connectivity index (χ0) is 16.1. The van der Waals surface area contributed by atoms with Crippen LogP contribution >= 0.6 is 11.6 Å². The summed E-state index contributed by atoms with van der Waals surface area (Å²) >= 11 is 5.84. The van der Waals surface area contributed by atoms with Crippen LogP contribution in [0.5, 0.6) is 0 Å². The summed E-state index contributed by atoms with van der Waals surface area (Å²) in [6, 6.07) is 4.49. The number of hydrogen-bond acceptors (Lipinski definition) is 5. The van der Waals surface area contributed by atoms with Gasteiger partial charge in [-0.05, 0) is 17.9 Å². The monoisotopic (exact) mass is 321 g/mol. The van der Waals surface area contributed by atoms with Gasteiger partial charge in [-0.2, -0.15) is 5.10 Å². The summed E-state index contributed by atoms with van der Waals surface area (Å²) in [6.45, 7) is 4.13. The molecular formula is C15H16ClN3O3. The lowest BCUT2D eigenvalue weighted by Gasteiger charge is -2.36. The van der Waals surface area contributed by atoms with Gasteiger partial charge in [-0.3, -0.25) is 14.9 Å². The number of hydrogen-bond donors (Lipinski definition) is 1. The predicted octanol–water partition coefficient (Wildman–Crippen LogP) is 2.93. The topological polar surface area (TPSA) is 84.6 Å². The van der Waals surface area contributed by atoms with Gasteiger partial charge in [0.25, 0.3) is 5.69 Å². The molecule has 2 atom stereocenters. The molecule has 1 aliphatic carbocycles. The highest BCUT2D eigenvalue weighted by molar-refractivity contribution is 6.33. The zero-order valence-electron chi connectivity index (χ0n) is 12.3. The molecule has 1 N–H and O–H groups in total. The number of nitro benzene ring substituents is 1. The quantitative estimate of drug-likeness (QED) is 0.670. The largest absolute Gasteiger partial charge is 0.306 e. The van der Waals surface area contributed by atoms with Crippen LogP contribution in [-0.4, -0.2) is 22.5 Å². The Morgan fingerprint density at radius 2 is 2.18 bits per heavy atom. The van der Waals surface area contributed by atoms with Gasteiger partial charge in [-0.15, -0.1) is 0 Å². The Balaban J connectivity index is 1.96. The SMILES string of the molecule is CC1(C)CC(=O)[C@@H]2C(c3ccc(Cl)c([N+](=O)[O-])c3)=NN[C@H]2C1. The predicted molar refractivity (Wildman–Crippen MR) is 83.1 cm³/mol. The Hall–Kier alpha value is -1.95. The number of Topliss-reactive ketones (excluding diaryl/α,β-unsaturated/α-hetero) is 1. The number of rotatable bonds is 2. The minimum absolute atomic E-state index is 0.0408. The van der Waals surface area contributed by atoms with Crippen LogP contribution in [0.3, 0.4) is 0 Å². The average molecular weight is 322 g/mol. The number of nitrogens with zero attached hydrogens (tertiary/aromatic N) is 2. The van der Waals surface area contributed by atoms with Crippen molar-refractivity contribution >= 4 is 28.8 Å².